The van der Waals surface area contributed by atoms with E-state index >= 15 is 0 Å². The highest BCUT2D eigenvalue weighted by Gasteiger charge is 2.66. The summed E-state index contributed by atoms with van der Waals surface area (Å²) in [4.78, 5) is 12.4. The molecule has 0 N–H and O–H groups in total. The van der Waals surface area contributed by atoms with Crippen molar-refractivity contribution in [3.05, 3.63) is 0 Å². The minimum absolute atomic E-state index is 0.0654. The van der Waals surface area contributed by atoms with Gasteiger partial charge in [-0.05, 0) is 42.8 Å². The summed E-state index contributed by atoms with van der Waals surface area (Å²) >= 11 is 0. The molecule has 22 heavy (non-hydrogen) atoms. The third kappa shape index (κ3) is 2.77. The fourth-order valence-corrected chi connectivity index (χ4v) is 6.02. The summed E-state index contributed by atoms with van der Waals surface area (Å²) in [6, 6.07) is 0. The number of carbonyl (C=O) groups is 1. The monoisotopic (exact) mass is 326 g/mol. The van der Waals surface area contributed by atoms with Crippen molar-refractivity contribution in [1.29, 1.82) is 0 Å². The van der Waals surface area contributed by atoms with Crippen LogP contribution in [0, 0.1) is 17.8 Å². The fraction of sp³-hybridized carbons (Fsp3) is 0.944. The maximum atomic E-state index is 12.4. The number of esters is 1. The molecule has 0 spiro atoms. The highest BCUT2D eigenvalue weighted by atomic mass is 28.4. The third-order valence-corrected chi connectivity index (χ3v) is 11.1. The van der Waals surface area contributed by atoms with Gasteiger partial charge in [-0.2, -0.15) is 0 Å². The van der Waals surface area contributed by atoms with Crippen LogP contribution < -0.4 is 0 Å². The van der Waals surface area contributed by atoms with Gasteiger partial charge in [-0.25, -0.2) is 0 Å². The number of fused-ring (bicyclic) bond motifs is 1. The first-order valence-corrected chi connectivity index (χ1v) is 11.8. The van der Waals surface area contributed by atoms with Crippen molar-refractivity contribution in [2.24, 2.45) is 17.8 Å². The molecular weight excluding hydrogens is 292 g/mol. The minimum atomic E-state index is -1.92. The Morgan fingerprint density at radius 1 is 1.18 bits per heavy atom. The summed E-state index contributed by atoms with van der Waals surface area (Å²) in [5, 5.41) is 0.165. The number of hydrogen-bond acceptors (Lipinski definition) is 3. The van der Waals surface area contributed by atoms with Crippen LogP contribution in [0.5, 0.6) is 0 Å². The zero-order valence-corrected chi connectivity index (χ0v) is 16.5. The minimum Gasteiger partial charge on any atom is -0.469 e. The van der Waals surface area contributed by atoms with Crippen LogP contribution in [-0.4, -0.2) is 27.0 Å². The molecule has 0 saturated heterocycles. The third-order valence-electron chi connectivity index (χ3n) is 6.60. The van der Waals surface area contributed by atoms with E-state index in [1.807, 2.05) is 0 Å². The van der Waals surface area contributed by atoms with Crippen LogP contribution in [0.2, 0.25) is 18.1 Å². The molecule has 0 aliphatic heterocycles. The molecule has 0 unspecified atom stereocenters. The van der Waals surface area contributed by atoms with Gasteiger partial charge in [0.2, 0.25) is 0 Å². The molecule has 4 heteroatoms. The van der Waals surface area contributed by atoms with Gasteiger partial charge in [-0.3, -0.25) is 4.79 Å². The van der Waals surface area contributed by atoms with E-state index in [4.69, 9.17) is 9.16 Å². The van der Waals surface area contributed by atoms with E-state index in [9.17, 15) is 4.79 Å². The maximum absolute atomic E-state index is 12.4. The van der Waals surface area contributed by atoms with Crippen LogP contribution in [0.4, 0.5) is 0 Å². The molecule has 128 valence electrons. The van der Waals surface area contributed by atoms with Gasteiger partial charge in [-0.15, -0.1) is 0 Å². The van der Waals surface area contributed by atoms with Crippen LogP contribution in [-0.2, 0) is 14.0 Å². The van der Waals surface area contributed by atoms with Crippen LogP contribution in [0.3, 0.4) is 0 Å². The summed E-state index contributed by atoms with van der Waals surface area (Å²) in [6.45, 7) is 13.7. The molecule has 0 aromatic heterocycles. The van der Waals surface area contributed by atoms with Crippen molar-refractivity contribution in [3.63, 3.8) is 0 Å². The summed E-state index contributed by atoms with van der Waals surface area (Å²) in [5.41, 5.74) is -0.258. The van der Waals surface area contributed by atoms with Gasteiger partial charge < -0.3 is 9.16 Å². The Morgan fingerprint density at radius 2 is 1.82 bits per heavy atom. The SMILES string of the molecule is COC(=O)[C@@H]1[C@@H](C)[C@@H]2CCCCC[C@]12O[Si](C)(C)C(C)(C)C. The van der Waals surface area contributed by atoms with Crippen molar-refractivity contribution >= 4 is 14.3 Å². The quantitative estimate of drug-likeness (QED) is 0.554. The number of ether oxygens (including phenoxy) is 1. The van der Waals surface area contributed by atoms with E-state index in [0.29, 0.717) is 11.8 Å². The summed E-state index contributed by atoms with van der Waals surface area (Å²) in [7, 11) is -0.402. The maximum Gasteiger partial charge on any atom is 0.311 e. The highest BCUT2D eigenvalue weighted by Crippen LogP contribution is 2.60. The first-order chi connectivity index (χ1) is 10.1. The molecule has 3 nitrogen and oxygen atoms in total. The average Bonchev–Trinajstić information content (AvgIpc) is 2.56. The predicted molar refractivity (Wildman–Crippen MR) is 92.3 cm³/mol. The molecule has 0 aromatic carbocycles. The Bertz CT molecular complexity index is 427. The van der Waals surface area contributed by atoms with Gasteiger partial charge in [-0.1, -0.05) is 47.0 Å². The van der Waals surface area contributed by atoms with Gasteiger partial charge in [0.1, 0.15) is 0 Å². The highest BCUT2D eigenvalue weighted by molar-refractivity contribution is 6.74. The Kier molecular flexibility index (Phi) is 4.85. The van der Waals surface area contributed by atoms with Crippen molar-refractivity contribution in [1.82, 2.24) is 0 Å². The van der Waals surface area contributed by atoms with Gasteiger partial charge in [0, 0.05) is 0 Å². The van der Waals surface area contributed by atoms with Gasteiger partial charge >= 0.3 is 5.97 Å². The van der Waals surface area contributed by atoms with E-state index in [-0.39, 0.29) is 22.5 Å². The second-order valence-corrected chi connectivity index (χ2v) is 13.6. The number of carbonyl (C=O) groups excluding carboxylic acids is 1. The number of rotatable bonds is 3. The van der Waals surface area contributed by atoms with Crippen molar-refractivity contribution in [2.75, 3.05) is 7.11 Å². The smallest absolute Gasteiger partial charge is 0.311 e. The zero-order valence-electron chi connectivity index (χ0n) is 15.5. The first-order valence-electron chi connectivity index (χ1n) is 8.85. The van der Waals surface area contributed by atoms with Crippen LogP contribution >= 0.6 is 0 Å². The van der Waals surface area contributed by atoms with Crippen LogP contribution in [0.15, 0.2) is 0 Å². The van der Waals surface area contributed by atoms with Crippen molar-refractivity contribution < 1.29 is 14.0 Å². The van der Waals surface area contributed by atoms with Crippen molar-refractivity contribution in [2.45, 2.75) is 83.5 Å². The standard InChI is InChI=1S/C18H34O3Si/c1-13-14-11-9-8-10-12-18(14,15(13)16(19)20-5)21-22(6,7)17(2,3)4/h13-15H,8-12H2,1-7H3/t13-,14-,15-,18+/m0/s1. The molecule has 0 amide bonds. The Morgan fingerprint density at radius 3 is 2.36 bits per heavy atom. The molecule has 4 atom stereocenters. The van der Waals surface area contributed by atoms with E-state index in [2.05, 4.69) is 40.8 Å². The lowest BCUT2D eigenvalue weighted by Crippen LogP contribution is -2.69. The average molecular weight is 327 g/mol. The fourth-order valence-electron chi connectivity index (χ4n) is 4.38. The van der Waals surface area contributed by atoms with E-state index < -0.39 is 8.32 Å². The Labute approximate surface area is 137 Å². The first kappa shape index (κ1) is 18.0. The van der Waals surface area contributed by atoms with Gasteiger partial charge in [0.05, 0.1) is 18.6 Å². The normalized spacial score (nSPS) is 36.0. The summed E-state index contributed by atoms with van der Waals surface area (Å²) < 4.78 is 12.1. The van der Waals surface area contributed by atoms with E-state index in [1.54, 1.807) is 0 Å². The lowest BCUT2D eigenvalue weighted by Gasteiger charge is -2.62. The molecule has 2 rings (SSSR count). The van der Waals surface area contributed by atoms with Gasteiger partial charge in [0.15, 0.2) is 8.32 Å². The Balaban J connectivity index is 2.36. The summed E-state index contributed by atoms with van der Waals surface area (Å²) in [6.07, 6.45) is 5.92. The largest absolute Gasteiger partial charge is 0.469 e. The molecule has 0 aromatic rings. The second kappa shape index (κ2) is 5.93. The number of methoxy groups -OCH3 is 1. The Hall–Kier alpha value is -0.353. The lowest BCUT2D eigenvalue weighted by atomic mass is 9.52. The van der Waals surface area contributed by atoms with E-state index in [0.717, 1.165) is 6.42 Å². The lowest BCUT2D eigenvalue weighted by molar-refractivity contribution is -0.206. The molecule has 2 saturated carbocycles. The summed E-state index contributed by atoms with van der Waals surface area (Å²) in [5.74, 6) is 0.766. The molecular formula is C18H34O3Si. The molecule has 2 aliphatic carbocycles. The molecule has 0 heterocycles. The molecule has 0 radical (unpaired) electrons. The van der Waals surface area contributed by atoms with Crippen LogP contribution in [0.1, 0.15) is 59.8 Å². The van der Waals surface area contributed by atoms with Crippen LogP contribution in [0.25, 0.3) is 0 Å². The molecule has 0 bridgehead atoms. The molecule has 2 fully saturated rings. The van der Waals surface area contributed by atoms with Gasteiger partial charge in [0.25, 0.3) is 0 Å². The number of hydrogen-bond donors (Lipinski definition) is 0. The zero-order chi connectivity index (χ0) is 16.8. The van der Waals surface area contributed by atoms with E-state index in [1.165, 1.54) is 32.8 Å². The second-order valence-electron chi connectivity index (χ2n) is 8.88. The predicted octanol–water partition coefficient (Wildman–Crippen LogP) is 4.77. The van der Waals surface area contributed by atoms with Crippen molar-refractivity contribution in [3.8, 4) is 0 Å². The molecule has 2 aliphatic rings. The topological polar surface area (TPSA) is 35.5 Å².